The second kappa shape index (κ2) is 2.70. The van der Waals surface area contributed by atoms with Crippen LogP contribution in [0.3, 0.4) is 0 Å². The summed E-state index contributed by atoms with van der Waals surface area (Å²) >= 11 is 0. The van der Waals surface area contributed by atoms with E-state index in [9.17, 15) is 0 Å². The van der Waals surface area contributed by atoms with Crippen molar-refractivity contribution in [3.63, 3.8) is 0 Å². The molecule has 0 aromatic heterocycles. The lowest BCUT2D eigenvalue weighted by molar-refractivity contribution is -0.352. The smallest absolute Gasteiger partial charge is 0.344 e. The largest absolute Gasteiger partial charge is 0.354 e. The highest BCUT2D eigenvalue weighted by molar-refractivity contribution is 4.59. The molecule has 24 valence electrons. The Bertz CT molecular complexity index is 65.1. The summed E-state index contributed by atoms with van der Waals surface area (Å²) in [5.41, 5.74) is -1.27. The van der Waals surface area contributed by atoms with Gasteiger partial charge in [-0.3, -0.25) is 0 Å². The Kier molecular flexibility index (Phi) is 0.560. The van der Waals surface area contributed by atoms with Gasteiger partial charge in [-0.05, 0) is 6.08 Å². The van der Waals surface area contributed by atoms with E-state index in [4.69, 9.17) is 4.24 Å². The third-order valence-corrected chi connectivity index (χ3v) is 0.129. The molecule has 1 nitrogen and oxygen atoms in total. The second-order valence-electron chi connectivity index (χ2n) is 0.471. The Hall–Kier alpha value is -0.300. The molecule has 1 heteroatoms. The van der Waals surface area contributed by atoms with Crippen molar-refractivity contribution in [2.45, 2.75) is 0 Å². The molecule has 0 heterocycles. The van der Waals surface area contributed by atoms with Crippen LogP contribution in [0.1, 0.15) is 0 Å². The van der Waals surface area contributed by atoms with E-state index in [2.05, 4.69) is 6.58 Å². The predicted octanol–water partition coefficient (Wildman–Crippen LogP) is -0.586. The van der Waals surface area contributed by atoms with Crippen LogP contribution in [0.15, 0.2) is 12.7 Å². The maximum atomic E-state index is 6.53. The van der Waals surface area contributed by atoms with Crippen LogP contribution in [0.25, 0.3) is 0 Å². The number of rotatable bonds is 2. The van der Waals surface area contributed by atoms with Crippen LogP contribution in [0.5, 0.6) is 0 Å². The van der Waals surface area contributed by atoms with Crippen molar-refractivity contribution >= 4 is 0 Å². The highest BCUT2D eigenvalue weighted by Crippen LogP contribution is 1.36. The topological polar surface area (TPSA) is 27.6 Å². The average Bonchev–Trinajstić information content (AvgIpc) is 1.30. The van der Waals surface area contributed by atoms with Crippen LogP contribution < -0.4 is 5.71 Å². The Labute approximate surface area is 30.5 Å². The standard InChI is InChI=1S/C3H7N/c1-2-3-4/h2H,1,3-4H2/p+1/i/hD3. The molecule has 0 radical (unpaired) electrons. The molecule has 0 bridgehead atoms. The molecular weight excluding hydrogens is 50.0 g/mol. The van der Waals surface area contributed by atoms with Crippen molar-refractivity contribution in [2.24, 2.45) is 0 Å². The van der Waals surface area contributed by atoms with Crippen LogP contribution >= 0.6 is 0 Å². The van der Waals surface area contributed by atoms with Gasteiger partial charge in [0, 0.05) is 0 Å². The molecule has 0 aliphatic heterocycles. The Morgan fingerprint density at radius 2 is 3.25 bits per heavy atom. The first-order chi connectivity index (χ1) is 3.06. The lowest BCUT2D eigenvalue weighted by Gasteiger charge is -1.57. The van der Waals surface area contributed by atoms with Gasteiger partial charge in [0.25, 0.3) is 0 Å². The zero-order valence-corrected chi connectivity index (χ0v) is 2.44. The first-order valence-electron chi connectivity index (χ1n) is 2.47. The minimum Gasteiger partial charge on any atom is -0.354 e. The van der Waals surface area contributed by atoms with Gasteiger partial charge in [-0.1, -0.05) is 6.58 Å². The second-order valence-corrected chi connectivity index (χ2v) is 0.471. The summed E-state index contributed by atoms with van der Waals surface area (Å²) in [5.74, 6) is 0. The first kappa shape index (κ1) is 0.830. The molecule has 0 amide bonds. The summed E-state index contributed by atoms with van der Waals surface area (Å²) in [6.07, 6.45) is 1.37. The van der Waals surface area contributed by atoms with Crippen LogP contribution in [-0.2, 0) is 0 Å². The molecule has 0 rings (SSSR count). The van der Waals surface area contributed by atoms with Crippen LogP contribution in [0, 0.1) is 0 Å². The third-order valence-electron chi connectivity index (χ3n) is 0.129. The summed E-state index contributed by atoms with van der Waals surface area (Å²) < 4.78 is 19.6. The van der Waals surface area contributed by atoms with Gasteiger partial charge >= 0.3 is 4.24 Å². The van der Waals surface area contributed by atoms with Gasteiger partial charge in [0.2, 0.25) is 0 Å². The zero-order valence-electron chi connectivity index (χ0n) is 5.44. The van der Waals surface area contributed by atoms with E-state index < -0.39 is 5.71 Å². The van der Waals surface area contributed by atoms with Crippen LogP contribution in [0.4, 0.5) is 0 Å². The van der Waals surface area contributed by atoms with Crippen molar-refractivity contribution in [1.29, 1.82) is 0 Å². The Morgan fingerprint density at radius 3 is 3.25 bits per heavy atom. The molecule has 0 aromatic carbocycles. The maximum Gasteiger partial charge on any atom is 0.344 e. The monoisotopic (exact) mass is 61.1 g/mol. The zero-order chi connectivity index (χ0) is 5.91. The lowest BCUT2D eigenvalue weighted by Crippen LogP contribution is -2.48. The number of hydrogen-bond donors (Lipinski definition) is 1. The van der Waals surface area contributed by atoms with E-state index in [0.29, 0.717) is 0 Å². The van der Waals surface area contributed by atoms with E-state index in [-0.39, 0.29) is 6.54 Å². The molecule has 0 saturated heterocycles. The molecular formula is C3H8N+. The minimum atomic E-state index is -1.27. The minimum absolute atomic E-state index is 0.0417. The molecule has 0 aliphatic rings. The summed E-state index contributed by atoms with van der Waals surface area (Å²) in [5, 5.41) is 0. The summed E-state index contributed by atoms with van der Waals surface area (Å²) in [7, 11) is 0. The van der Waals surface area contributed by atoms with E-state index in [1.54, 1.807) is 0 Å². The van der Waals surface area contributed by atoms with E-state index >= 15 is 0 Å². The third kappa shape index (κ3) is 1.70. The molecule has 0 spiro atoms. The van der Waals surface area contributed by atoms with Crippen molar-refractivity contribution in [3.8, 4) is 0 Å². The van der Waals surface area contributed by atoms with Crippen molar-refractivity contribution in [3.05, 3.63) is 12.7 Å². The maximum absolute atomic E-state index is 6.53. The molecule has 0 fully saturated rings. The van der Waals surface area contributed by atoms with Gasteiger partial charge in [-0.2, -0.15) is 0 Å². The van der Waals surface area contributed by atoms with E-state index in [1.807, 2.05) is 0 Å². The van der Waals surface area contributed by atoms with Gasteiger partial charge in [0.15, 0.2) is 0 Å². The predicted molar refractivity (Wildman–Crippen MR) is 18.0 cm³/mol. The lowest BCUT2D eigenvalue weighted by atomic mass is 10.7. The summed E-state index contributed by atoms with van der Waals surface area (Å²) in [4.78, 5) is 0. The summed E-state index contributed by atoms with van der Waals surface area (Å²) in [6, 6.07) is 0. The number of quaternary nitrogens is 1. The first-order valence-corrected chi connectivity index (χ1v) is 1.13. The summed E-state index contributed by atoms with van der Waals surface area (Å²) in [6.45, 7) is 3.31. The molecule has 0 aromatic rings. The molecule has 0 saturated carbocycles. The molecule has 0 atom stereocenters. The van der Waals surface area contributed by atoms with Gasteiger partial charge in [0.05, 0.1) is 6.54 Å². The normalized spacial score (nSPS) is 20.5. The van der Waals surface area contributed by atoms with Crippen LogP contribution in [0.2, 0.25) is 4.24 Å². The molecule has 4 heavy (non-hydrogen) atoms. The van der Waals surface area contributed by atoms with Crippen molar-refractivity contribution < 1.29 is 9.95 Å². The number of hydrogen-bond acceptors (Lipinski definition) is 0. The van der Waals surface area contributed by atoms with Gasteiger partial charge < -0.3 is 5.71 Å². The van der Waals surface area contributed by atoms with Gasteiger partial charge in [-0.15, -0.1) is 0 Å². The van der Waals surface area contributed by atoms with E-state index in [1.165, 1.54) is 6.08 Å². The highest BCUT2D eigenvalue weighted by Gasteiger charge is 1.48. The fourth-order valence-electron chi connectivity index (χ4n) is 0. The fraction of sp³-hybridized carbons (Fsp3) is 0.333. The van der Waals surface area contributed by atoms with Crippen molar-refractivity contribution in [1.82, 2.24) is 0 Å². The van der Waals surface area contributed by atoms with Gasteiger partial charge in [0.1, 0.15) is 0 Å². The Morgan fingerprint density at radius 1 is 2.50 bits per heavy atom. The highest BCUT2D eigenvalue weighted by atomic mass is 14.5. The van der Waals surface area contributed by atoms with E-state index in [0.717, 1.165) is 0 Å². The van der Waals surface area contributed by atoms with Gasteiger partial charge in [-0.25, -0.2) is 0 Å². The fourth-order valence-corrected chi connectivity index (χ4v) is 0. The molecule has 0 unspecified atom stereocenters. The molecule has 0 aliphatic carbocycles. The van der Waals surface area contributed by atoms with Crippen LogP contribution in [-0.4, -0.2) is 6.54 Å². The SMILES string of the molecule is [2H][N+]([2H])([2H])CC=C. The quantitative estimate of drug-likeness (QED) is 0.413. The Balaban J connectivity index is 3.34. The molecule has 3 N–H and O–H groups in total. The average molecular weight is 61.1 g/mol. The van der Waals surface area contributed by atoms with Crippen molar-refractivity contribution in [2.75, 3.05) is 6.54 Å².